The number of urea groups is 1. The molecule has 190 valence electrons. The van der Waals surface area contributed by atoms with Gasteiger partial charge in [-0.15, -0.1) is 0 Å². The fraction of sp³-hybridized carbons (Fsp3) is 0.630. The SMILES string of the molecule is CC.N#CCC1CCCCC1.O=C(NCc1nc2c(cnc3[nH]ccc32)[nH]1)NCC1CCCCC1. The Labute approximate surface area is 208 Å². The normalized spacial score (nSPS) is 16.5. The number of hydrogen-bond acceptors (Lipinski definition) is 4. The molecule has 3 aromatic rings. The van der Waals surface area contributed by atoms with Gasteiger partial charge in [0.25, 0.3) is 0 Å². The van der Waals surface area contributed by atoms with Gasteiger partial charge in [0.1, 0.15) is 17.0 Å². The van der Waals surface area contributed by atoms with Crippen LogP contribution in [0.25, 0.3) is 22.1 Å². The number of carbonyl (C=O) groups excluding carboxylic acids is 1. The number of aromatic nitrogens is 4. The molecule has 3 aromatic heterocycles. The summed E-state index contributed by atoms with van der Waals surface area (Å²) >= 11 is 0. The van der Waals surface area contributed by atoms with Gasteiger partial charge in [0.15, 0.2) is 0 Å². The average molecular weight is 480 g/mol. The van der Waals surface area contributed by atoms with E-state index in [1.54, 1.807) is 6.20 Å². The lowest BCUT2D eigenvalue weighted by Crippen LogP contribution is -2.38. The van der Waals surface area contributed by atoms with Crippen molar-refractivity contribution in [3.8, 4) is 6.07 Å². The van der Waals surface area contributed by atoms with Crippen LogP contribution in [0.3, 0.4) is 0 Å². The molecule has 3 heterocycles. The van der Waals surface area contributed by atoms with Crippen LogP contribution in [0.1, 0.15) is 90.3 Å². The molecule has 0 aromatic carbocycles. The standard InChI is InChI=1S/C17H22N6O.C8H13N.C2H6/c24-17(20-8-11-4-2-1-3-5-11)21-10-14-22-13-9-19-16-12(6-7-18-16)15(13)23-14;9-7-6-8-4-2-1-3-5-8;1-2/h6-7,9,11H,1-5,8,10H2,(H,18,19)(H,22,23)(H2,20,21,24);8H,1-6H2;1-2H3. The van der Waals surface area contributed by atoms with E-state index in [-0.39, 0.29) is 6.03 Å². The Balaban J connectivity index is 0.000000262. The zero-order valence-corrected chi connectivity index (χ0v) is 21.3. The first-order valence-corrected chi connectivity index (χ1v) is 13.4. The zero-order chi connectivity index (χ0) is 24.9. The number of nitriles is 1. The average Bonchev–Trinajstić information content (AvgIpc) is 3.56. The van der Waals surface area contributed by atoms with Crippen molar-refractivity contribution < 1.29 is 4.79 Å². The zero-order valence-electron chi connectivity index (χ0n) is 21.3. The van der Waals surface area contributed by atoms with Crippen LogP contribution in [-0.4, -0.2) is 32.5 Å². The summed E-state index contributed by atoms with van der Waals surface area (Å²) in [5, 5.41) is 15.2. The van der Waals surface area contributed by atoms with Gasteiger partial charge < -0.3 is 20.6 Å². The van der Waals surface area contributed by atoms with E-state index in [1.807, 2.05) is 26.1 Å². The Morgan fingerprint density at radius 2 is 1.74 bits per heavy atom. The Kier molecular flexibility index (Phi) is 10.9. The molecule has 0 spiro atoms. The summed E-state index contributed by atoms with van der Waals surface area (Å²) in [6.07, 6.45) is 17.5. The van der Waals surface area contributed by atoms with E-state index in [0.29, 0.717) is 12.5 Å². The van der Waals surface area contributed by atoms with Gasteiger partial charge in [0.05, 0.1) is 24.3 Å². The first kappa shape index (κ1) is 26.5. The minimum absolute atomic E-state index is 0.133. The van der Waals surface area contributed by atoms with Crippen LogP contribution in [-0.2, 0) is 6.54 Å². The van der Waals surface area contributed by atoms with Gasteiger partial charge >= 0.3 is 6.03 Å². The molecule has 0 bridgehead atoms. The number of fused-ring (bicyclic) bond motifs is 3. The molecule has 2 fully saturated rings. The molecular formula is C27H41N7O. The monoisotopic (exact) mass is 479 g/mol. The molecule has 0 unspecified atom stereocenters. The molecule has 0 atom stereocenters. The summed E-state index contributed by atoms with van der Waals surface area (Å²) in [6, 6.07) is 4.06. The number of aromatic amines is 2. The highest BCUT2D eigenvalue weighted by atomic mass is 16.2. The van der Waals surface area contributed by atoms with Crippen molar-refractivity contribution in [2.45, 2.75) is 91.0 Å². The minimum Gasteiger partial charge on any atom is -0.346 e. The first-order valence-electron chi connectivity index (χ1n) is 13.4. The molecule has 4 N–H and O–H groups in total. The molecule has 0 radical (unpaired) electrons. The number of nitrogens with one attached hydrogen (secondary N) is 4. The summed E-state index contributed by atoms with van der Waals surface area (Å²) in [5.74, 6) is 2.10. The maximum atomic E-state index is 12.0. The summed E-state index contributed by atoms with van der Waals surface area (Å²) in [4.78, 5) is 27.2. The Morgan fingerprint density at radius 3 is 2.43 bits per heavy atom. The van der Waals surface area contributed by atoms with Gasteiger partial charge in [-0.1, -0.05) is 52.4 Å². The van der Waals surface area contributed by atoms with Gasteiger partial charge in [0, 0.05) is 24.5 Å². The molecule has 35 heavy (non-hydrogen) atoms. The van der Waals surface area contributed by atoms with Crippen molar-refractivity contribution in [1.29, 1.82) is 5.26 Å². The molecule has 5 rings (SSSR count). The van der Waals surface area contributed by atoms with Crippen molar-refractivity contribution >= 4 is 28.1 Å². The number of H-pyrrole nitrogens is 2. The van der Waals surface area contributed by atoms with Gasteiger partial charge in [-0.25, -0.2) is 14.8 Å². The molecule has 2 amide bonds. The highest BCUT2D eigenvalue weighted by Crippen LogP contribution is 2.25. The van der Waals surface area contributed by atoms with Crippen LogP contribution >= 0.6 is 0 Å². The summed E-state index contributed by atoms with van der Waals surface area (Å²) in [7, 11) is 0. The van der Waals surface area contributed by atoms with Crippen LogP contribution in [0.15, 0.2) is 18.5 Å². The topological polar surface area (TPSA) is 122 Å². The fourth-order valence-electron chi connectivity index (χ4n) is 4.98. The predicted octanol–water partition coefficient (Wildman–Crippen LogP) is 6.33. The fourth-order valence-corrected chi connectivity index (χ4v) is 4.98. The number of imidazole rings is 1. The van der Waals surface area contributed by atoms with E-state index in [4.69, 9.17) is 5.26 Å². The summed E-state index contributed by atoms with van der Waals surface area (Å²) < 4.78 is 0. The van der Waals surface area contributed by atoms with Crippen LogP contribution in [0.4, 0.5) is 4.79 Å². The predicted molar refractivity (Wildman–Crippen MR) is 141 cm³/mol. The second-order valence-corrected chi connectivity index (χ2v) is 9.38. The largest absolute Gasteiger partial charge is 0.346 e. The molecule has 2 saturated carbocycles. The number of rotatable bonds is 5. The van der Waals surface area contributed by atoms with Gasteiger partial charge in [-0.2, -0.15) is 5.26 Å². The van der Waals surface area contributed by atoms with E-state index in [0.717, 1.165) is 46.8 Å². The Bertz CT molecular complexity index is 1070. The van der Waals surface area contributed by atoms with E-state index in [1.165, 1.54) is 64.2 Å². The molecule has 8 heteroatoms. The van der Waals surface area contributed by atoms with Crippen molar-refractivity contribution in [3.05, 3.63) is 24.3 Å². The second-order valence-electron chi connectivity index (χ2n) is 9.38. The lowest BCUT2D eigenvalue weighted by Gasteiger charge is -2.21. The third-order valence-corrected chi connectivity index (χ3v) is 6.88. The highest BCUT2D eigenvalue weighted by molar-refractivity contribution is 6.00. The lowest BCUT2D eigenvalue weighted by molar-refractivity contribution is 0.235. The number of hydrogen-bond donors (Lipinski definition) is 4. The maximum Gasteiger partial charge on any atom is 0.315 e. The molecular weight excluding hydrogens is 438 g/mol. The minimum atomic E-state index is -0.133. The van der Waals surface area contributed by atoms with Crippen molar-refractivity contribution in [2.24, 2.45) is 11.8 Å². The maximum absolute atomic E-state index is 12.0. The third kappa shape index (κ3) is 7.98. The molecule has 0 aliphatic heterocycles. The lowest BCUT2D eigenvalue weighted by atomic mass is 9.87. The molecule has 0 saturated heterocycles. The van der Waals surface area contributed by atoms with Crippen molar-refractivity contribution in [2.75, 3.05) is 6.54 Å². The smallest absolute Gasteiger partial charge is 0.315 e. The second kappa shape index (κ2) is 14.3. The van der Waals surface area contributed by atoms with Gasteiger partial charge in [-0.05, 0) is 43.6 Å². The van der Waals surface area contributed by atoms with Crippen molar-refractivity contribution in [1.82, 2.24) is 30.6 Å². The molecule has 8 nitrogen and oxygen atoms in total. The Morgan fingerprint density at radius 1 is 1.06 bits per heavy atom. The van der Waals surface area contributed by atoms with Crippen LogP contribution in [0, 0.1) is 23.2 Å². The Hall–Kier alpha value is -3.08. The van der Waals surface area contributed by atoms with Crippen molar-refractivity contribution in [3.63, 3.8) is 0 Å². The van der Waals surface area contributed by atoms with E-state index >= 15 is 0 Å². The van der Waals surface area contributed by atoms with Gasteiger partial charge in [0.2, 0.25) is 0 Å². The number of nitrogens with zero attached hydrogens (tertiary/aromatic N) is 3. The van der Waals surface area contributed by atoms with E-state index < -0.39 is 0 Å². The third-order valence-electron chi connectivity index (χ3n) is 6.88. The van der Waals surface area contributed by atoms with Gasteiger partial charge in [-0.3, -0.25) is 0 Å². The van der Waals surface area contributed by atoms with E-state index in [9.17, 15) is 4.79 Å². The van der Waals surface area contributed by atoms with E-state index in [2.05, 4.69) is 36.6 Å². The summed E-state index contributed by atoms with van der Waals surface area (Å²) in [5.41, 5.74) is 2.57. The number of carbonyl (C=O) groups is 1. The number of amides is 2. The van der Waals surface area contributed by atoms with Crippen LogP contribution in [0.2, 0.25) is 0 Å². The molecule has 2 aliphatic rings. The quantitative estimate of drug-likeness (QED) is 0.342. The number of pyridine rings is 1. The van der Waals surface area contributed by atoms with Crippen LogP contribution in [0.5, 0.6) is 0 Å². The van der Waals surface area contributed by atoms with Crippen LogP contribution < -0.4 is 10.6 Å². The molecule has 2 aliphatic carbocycles. The highest BCUT2D eigenvalue weighted by Gasteiger charge is 2.15. The first-order chi connectivity index (χ1) is 17.2. The summed E-state index contributed by atoms with van der Waals surface area (Å²) in [6.45, 7) is 5.14.